The van der Waals surface area contributed by atoms with Crippen molar-refractivity contribution in [3.05, 3.63) is 45.2 Å². The van der Waals surface area contributed by atoms with Crippen LogP contribution in [-0.2, 0) is 13.2 Å². The van der Waals surface area contributed by atoms with E-state index in [1.807, 2.05) is 23.6 Å². The molecule has 0 fully saturated rings. The van der Waals surface area contributed by atoms with Crippen LogP contribution in [0.4, 0.5) is 0 Å². The molecule has 0 bridgehead atoms. The number of rotatable bonds is 6. The molecular formula is C14H17ClN2OS. The molecule has 2 heterocycles. The fourth-order valence-electron chi connectivity index (χ4n) is 1.53. The molecule has 2 rings (SSSR count). The highest BCUT2D eigenvalue weighted by Crippen LogP contribution is 2.20. The number of thiophene rings is 1. The quantitative estimate of drug-likeness (QED) is 0.878. The standard InChI is InChI=1S/C14H17ClN2OS/c1-10(2)16-7-11-6-14(17-8-13(11)15)18-9-12-4-3-5-19-12/h3-6,8,10,16H,7,9H2,1-2H3. The summed E-state index contributed by atoms with van der Waals surface area (Å²) in [5.74, 6) is 0.610. The third kappa shape index (κ3) is 4.49. The van der Waals surface area contributed by atoms with Gasteiger partial charge in [-0.2, -0.15) is 0 Å². The summed E-state index contributed by atoms with van der Waals surface area (Å²) in [6, 6.07) is 6.36. The molecule has 0 unspecified atom stereocenters. The van der Waals surface area contributed by atoms with Crippen molar-refractivity contribution in [1.82, 2.24) is 10.3 Å². The maximum atomic E-state index is 6.12. The van der Waals surface area contributed by atoms with E-state index in [1.165, 1.54) is 4.88 Å². The molecule has 0 aromatic carbocycles. The van der Waals surface area contributed by atoms with Gasteiger partial charge in [0.15, 0.2) is 0 Å². The summed E-state index contributed by atoms with van der Waals surface area (Å²) in [6.07, 6.45) is 1.64. The van der Waals surface area contributed by atoms with E-state index in [0.29, 0.717) is 30.1 Å². The lowest BCUT2D eigenvalue weighted by atomic mass is 10.2. The highest BCUT2D eigenvalue weighted by atomic mass is 35.5. The maximum absolute atomic E-state index is 6.12. The zero-order valence-electron chi connectivity index (χ0n) is 11.0. The van der Waals surface area contributed by atoms with Gasteiger partial charge in [0.05, 0.1) is 5.02 Å². The van der Waals surface area contributed by atoms with Crippen molar-refractivity contribution in [2.45, 2.75) is 33.0 Å². The number of hydrogen-bond donors (Lipinski definition) is 1. The van der Waals surface area contributed by atoms with E-state index in [0.717, 1.165) is 5.56 Å². The first-order valence-electron chi connectivity index (χ1n) is 6.18. The van der Waals surface area contributed by atoms with Crippen molar-refractivity contribution >= 4 is 22.9 Å². The van der Waals surface area contributed by atoms with Crippen LogP contribution >= 0.6 is 22.9 Å². The lowest BCUT2D eigenvalue weighted by Crippen LogP contribution is -2.22. The first kappa shape index (κ1) is 14.3. The summed E-state index contributed by atoms with van der Waals surface area (Å²) in [5.41, 5.74) is 1.01. The smallest absolute Gasteiger partial charge is 0.213 e. The summed E-state index contributed by atoms with van der Waals surface area (Å²) in [5, 5.41) is 6.03. The Morgan fingerprint density at radius 3 is 3.00 bits per heavy atom. The Morgan fingerprint density at radius 2 is 2.32 bits per heavy atom. The minimum Gasteiger partial charge on any atom is -0.472 e. The Kier molecular flexibility index (Phi) is 5.19. The third-order valence-electron chi connectivity index (χ3n) is 2.55. The monoisotopic (exact) mass is 296 g/mol. The predicted molar refractivity (Wildman–Crippen MR) is 79.9 cm³/mol. The number of nitrogens with one attached hydrogen (secondary N) is 1. The first-order valence-corrected chi connectivity index (χ1v) is 7.44. The number of nitrogens with zero attached hydrogens (tertiary/aromatic N) is 1. The van der Waals surface area contributed by atoms with Crippen LogP contribution in [0.15, 0.2) is 29.8 Å². The second-order valence-electron chi connectivity index (χ2n) is 4.52. The number of pyridine rings is 1. The Hall–Kier alpha value is -1.10. The van der Waals surface area contributed by atoms with Gasteiger partial charge in [-0.15, -0.1) is 11.3 Å². The van der Waals surface area contributed by atoms with Gasteiger partial charge in [0.25, 0.3) is 0 Å². The maximum Gasteiger partial charge on any atom is 0.213 e. The zero-order valence-corrected chi connectivity index (χ0v) is 12.6. The lowest BCUT2D eigenvalue weighted by Gasteiger charge is -2.11. The summed E-state index contributed by atoms with van der Waals surface area (Å²) in [4.78, 5) is 5.37. The molecule has 0 aliphatic heterocycles. The average Bonchev–Trinajstić information content (AvgIpc) is 2.89. The van der Waals surface area contributed by atoms with Gasteiger partial charge in [-0.05, 0) is 17.0 Å². The van der Waals surface area contributed by atoms with E-state index >= 15 is 0 Å². The first-order chi connectivity index (χ1) is 9.15. The van der Waals surface area contributed by atoms with Crippen molar-refractivity contribution < 1.29 is 4.74 Å². The average molecular weight is 297 g/mol. The molecule has 5 heteroatoms. The van der Waals surface area contributed by atoms with Crippen LogP contribution in [0.5, 0.6) is 5.88 Å². The molecule has 3 nitrogen and oxygen atoms in total. The summed E-state index contributed by atoms with van der Waals surface area (Å²) >= 11 is 7.80. The molecule has 1 N–H and O–H groups in total. The Labute approximate surface area is 122 Å². The topological polar surface area (TPSA) is 34.1 Å². The molecule has 0 radical (unpaired) electrons. The Bertz CT molecular complexity index is 514. The van der Waals surface area contributed by atoms with Gasteiger partial charge in [0.1, 0.15) is 6.61 Å². The third-order valence-corrected chi connectivity index (χ3v) is 3.74. The molecule has 0 saturated carbocycles. The molecular weight excluding hydrogens is 280 g/mol. The molecule has 0 atom stereocenters. The Morgan fingerprint density at radius 1 is 1.47 bits per heavy atom. The van der Waals surface area contributed by atoms with E-state index < -0.39 is 0 Å². The van der Waals surface area contributed by atoms with Crippen molar-refractivity contribution in [2.24, 2.45) is 0 Å². The fourth-order valence-corrected chi connectivity index (χ4v) is 2.31. The molecule has 2 aromatic heterocycles. The molecule has 0 saturated heterocycles. The molecule has 0 aliphatic rings. The number of ether oxygens (including phenoxy) is 1. The van der Waals surface area contributed by atoms with Crippen LogP contribution in [0.3, 0.4) is 0 Å². The van der Waals surface area contributed by atoms with Crippen LogP contribution in [-0.4, -0.2) is 11.0 Å². The van der Waals surface area contributed by atoms with E-state index in [2.05, 4.69) is 24.1 Å². The fraction of sp³-hybridized carbons (Fsp3) is 0.357. The van der Waals surface area contributed by atoms with E-state index in [1.54, 1.807) is 17.5 Å². The van der Waals surface area contributed by atoms with Gasteiger partial charge < -0.3 is 10.1 Å². The van der Waals surface area contributed by atoms with Crippen LogP contribution < -0.4 is 10.1 Å². The Balaban J connectivity index is 1.99. The second-order valence-corrected chi connectivity index (χ2v) is 5.96. The molecule has 0 spiro atoms. The summed E-state index contributed by atoms with van der Waals surface area (Å²) < 4.78 is 5.67. The second kappa shape index (κ2) is 6.89. The zero-order chi connectivity index (χ0) is 13.7. The van der Waals surface area contributed by atoms with Crippen LogP contribution in [0.2, 0.25) is 5.02 Å². The van der Waals surface area contributed by atoms with Gasteiger partial charge in [0.2, 0.25) is 5.88 Å². The van der Waals surface area contributed by atoms with Crippen molar-refractivity contribution in [3.8, 4) is 5.88 Å². The van der Waals surface area contributed by atoms with Gasteiger partial charge in [0, 0.05) is 29.7 Å². The lowest BCUT2D eigenvalue weighted by molar-refractivity contribution is 0.297. The van der Waals surface area contributed by atoms with E-state index in [9.17, 15) is 0 Å². The van der Waals surface area contributed by atoms with Gasteiger partial charge >= 0.3 is 0 Å². The predicted octanol–water partition coefficient (Wildman–Crippen LogP) is 3.87. The minimum atomic E-state index is 0.416. The van der Waals surface area contributed by atoms with Crippen molar-refractivity contribution in [3.63, 3.8) is 0 Å². The van der Waals surface area contributed by atoms with Crippen molar-refractivity contribution in [2.75, 3.05) is 0 Å². The number of halogens is 1. The molecule has 19 heavy (non-hydrogen) atoms. The van der Waals surface area contributed by atoms with E-state index in [4.69, 9.17) is 16.3 Å². The number of aromatic nitrogens is 1. The van der Waals surface area contributed by atoms with Crippen molar-refractivity contribution in [1.29, 1.82) is 0 Å². The highest BCUT2D eigenvalue weighted by Gasteiger charge is 2.05. The normalized spacial score (nSPS) is 10.9. The van der Waals surface area contributed by atoms with Crippen LogP contribution in [0.25, 0.3) is 0 Å². The summed E-state index contributed by atoms with van der Waals surface area (Å²) in [7, 11) is 0. The molecule has 2 aromatic rings. The van der Waals surface area contributed by atoms with Gasteiger partial charge in [-0.1, -0.05) is 31.5 Å². The molecule has 0 amide bonds. The highest BCUT2D eigenvalue weighted by molar-refractivity contribution is 7.09. The van der Waals surface area contributed by atoms with Gasteiger partial charge in [-0.3, -0.25) is 0 Å². The molecule has 0 aliphatic carbocycles. The van der Waals surface area contributed by atoms with Crippen LogP contribution in [0, 0.1) is 0 Å². The minimum absolute atomic E-state index is 0.416. The SMILES string of the molecule is CC(C)NCc1cc(OCc2cccs2)ncc1Cl. The van der Waals surface area contributed by atoms with E-state index in [-0.39, 0.29) is 0 Å². The molecule has 102 valence electrons. The van der Waals surface area contributed by atoms with Gasteiger partial charge in [-0.25, -0.2) is 4.98 Å². The van der Waals surface area contributed by atoms with Crippen LogP contribution in [0.1, 0.15) is 24.3 Å². The summed E-state index contributed by atoms with van der Waals surface area (Å²) in [6.45, 7) is 5.46. The number of hydrogen-bond acceptors (Lipinski definition) is 4. The largest absolute Gasteiger partial charge is 0.472 e.